The Morgan fingerprint density at radius 3 is 2.27 bits per heavy atom. The van der Waals surface area contributed by atoms with Crippen LogP contribution in [-0.4, -0.2) is 23.6 Å². The zero-order chi connectivity index (χ0) is 24.3. The SMILES string of the molecule is CC(C)c1ccccc1C1(C(=O)Nc2cc(F)c(F)cc2OC(F)F)CCC(C(=O)O)CC1. The third-order valence-electron chi connectivity index (χ3n) is 6.21. The molecule has 3 rings (SSSR count). The molecular weight excluding hydrogens is 442 g/mol. The summed E-state index contributed by atoms with van der Waals surface area (Å²) in [7, 11) is 0. The molecule has 5 nitrogen and oxygen atoms in total. The molecule has 33 heavy (non-hydrogen) atoms. The van der Waals surface area contributed by atoms with Gasteiger partial charge in [-0.2, -0.15) is 8.78 Å². The van der Waals surface area contributed by atoms with Crippen molar-refractivity contribution in [1.29, 1.82) is 0 Å². The summed E-state index contributed by atoms with van der Waals surface area (Å²) in [5, 5.41) is 11.9. The number of nitrogens with one attached hydrogen (secondary N) is 1. The van der Waals surface area contributed by atoms with E-state index in [4.69, 9.17) is 0 Å². The highest BCUT2D eigenvalue weighted by Gasteiger charge is 2.46. The number of hydrogen-bond donors (Lipinski definition) is 2. The van der Waals surface area contributed by atoms with Crippen LogP contribution in [0.4, 0.5) is 23.2 Å². The van der Waals surface area contributed by atoms with E-state index < -0.39 is 52.9 Å². The van der Waals surface area contributed by atoms with E-state index in [1.54, 1.807) is 12.1 Å². The van der Waals surface area contributed by atoms with Crippen LogP contribution in [0.15, 0.2) is 36.4 Å². The molecule has 0 radical (unpaired) electrons. The van der Waals surface area contributed by atoms with Gasteiger partial charge in [-0.3, -0.25) is 9.59 Å². The fourth-order valence-corrected chi connectivity index (χ4v) is 4.47. The normalized spacial score (nSPS) is 20.7. The molecule has 0 heterocycles. The predicted molar refractivity (Wildman–Crippen MR) is 113 cm³/mol. The zero-order valence-corrected chi connectivity index (χ0v) is 18.2. The maximum absolute atomic E-state index is 13.9. The number of halogens is 4. The summed E-state index contributed by atoms with van der Waals surface area (Å²) in [6.07, 6.45) is 0.837. The molecule has 0 aliphatic heterocycles. The Labute approximate surface area is 188 Å². The monoisotopic (exact) mass is 467 g/mol. The third kappa shape index (κ3) is 5.12. The van der Waals surface area contributed by atoms with Gasteiger partial charge in [0, 0.05) is 12.1 Å². The molecule has 0 unspecified atom stereocenters. The summed E-state index contributed by atoms with van der Waals surface area (Å²) < 4.78 is 57.4. The average Bonchev–Trinajstić information content (AvgIpc) is 2.76. The average molecular weight is 467 g/mol. The van der Waals surface area contributed by atoms with Crippen LogP contribution >= 0.6 is 0 Å². The fraction of sp³-hybridized carbons (Fsp3) is 0.417. The topological polar surface area (TPSA) is 75.6 Å². The highest BCUT2D eigenvalue weighted by atomic mass is 19.3. The summed E-state index contributed by atoms with van der Waals surface area (Å²) in [5.41, 5.74) is -0.0308. The van der Waals surface area contributed by atoms with E-state index in [2.05, 4.69) is 10.1 Å². The second-order valence-electron chi connectivity index (χ2n) is 8.53. The van der Waals surface area contributed by atoms with E-state index in [1.807, 2.05) is 26.0 Å². The number of carbonyl (C=O) groups is 2. The molecule has 2 aromatic carbocycles. The molecule has 0 spiro atoms. The molecule has 2 N–H and O–H groups in total. The Balaban J connectivity index is 2.06. The van der Waals surface area contributed by atoms with Gasteiger partial charge in [0.05, 0.1) is 17.0 Å². The number of alkyl halides is 2. The first-order valence-electron chi connectivity index (χ1n) is 10.6. The molecule has 1 fully saturated rings. The number of anilines is 1. The van der Waals surface area contributed by atoms with Gasteiger partial charge in [-0.1, -0.05) is 38.1 Å². The van der Waals surface area contributed by atoms with Crippen LogP contribution in [0.2, 0.25) is 0 Å². The number of carbonyl (C=O) groups excluding carboxylic acids is 1. The van der Waals surface area contributed by atoms with Gasteiger partial charge in [0.2, 0.25) is 5.91 Å². The van der Waals surface area contributed by atoms with E-state index in [0.29, 0.717) is 17.7 Å². The van der Waals surface area contributed by atoms with Gasteiger partial charge in [-0.25, -0.2) is 8.78 Å². The van der Waals surface area contributed by atoms with Gasteiger partial charge in [-0.05, 0) is 42.7 Å². The van der Waals surface area contributed by atoms with Crippen LogP contribution in [0.5, 0.6) is 5.75 Å². The van der Waals surface area contributed by atoms with Crippen molar-refractivity contribution in [3.8, 4) is 5.75 Å². The Morgan fingerprint density at radius 2 is 1.70 bits per heavy atom. The van der Waals surface area contributed by atoms with Crippen molar-refractivity contribution in [2.75, 3.05) is 5.32 Å². The van der Waals surface area contributed by atoms with E-state index in [0.717, 1.165) is 5.56 Å². The molecule has 0 aromatic heterocycles. The van der Waals surface area contributed by atoms with Crippen LogP contribution < -0.4 is 10.1 Å². The quantitative estimate of drug-likeness (QED) is 0.502. The maximum atomic E-state index is 13.9. The minimum atomic E-state index is -3.31. The van der Waals surface area contributed by atoms with E-state index in [9.17, 15) is 32.3 Å². The van der Waals surface area contributed by atoms with Gasteiger partial charge in [0.15, 0.2) is 17.4 Å². The number of carboxylic acids is 1. The molecule has 0 atom stereocenters. The second-order valence-corrected chi connectivity index (χ2v) is 8.53. The number of benzene rings is 2. The number of ether oxygens (including phenoxy) is 1. The highest BCUT2D eigenvalue weighted by molar-refractivity contribution is 6.00. The summed E-state index contributed by atoms with van der Waals surface area (Å²) in [6.45, 7) is 0.598. The Hall–Kier alpha value is -3.10. The molecule has 2 aromatic rings. The highest BCUT2D eigenvalue weighted by Crippen LogP contribution is 2.45. The molecule has 1 amide bonds. The second kappa shape index (κ2) is 9.80. The molecule has 1 aliphatic carbocycles. The molecule has 0 saturated heterocycles. The Morgan fingerprint density at radius 1 is 1.09 bits per heavy atom. The largest absolute Gasteiger partial charge is 0.481 e. The van der Waals surface area contributed by atoms with Crippen molar-refractivity contribution in [2.24, 2.45) is 5.92 Å². The molecular formula is C24H25F4NO4. The van der Waals surface area contributed by atoms with Gasteiger partial charge in [-0.15, -0.1) is 0 Å². The number of carboxylic acid groups (broad SMARTS) is 1. The third-order valence-corrected chi connectivity index (χ3v) is 6.21. The molecule has 178 valence electrons. The number of hydrogen-bond acceptors (Lipinski definition) is 3. The van der Waals surface area contributed by atoms with Crippen LogP contribution in [0.1, 0.15) is 56.6 Å². The van der Waals surface area contributed by atoms with Gasteiger partial charge < -0.3 is 15.2 Å². The maximum Gasteiger partial charge on any atom is 0.387 e. The van der Waals surface area contributed by atoms with E-state index in [-0.39, 0.29) is 31.6 Å². The first-order chi connectivity index (χ1) is 15.5. The standard InChI is InChI=1S/C24H25F4NO4/c1-13(2)15-5-3-4-6-16(15)24(9-7-14(8-10-24)21(30)31)22(32)29-19-11-17(25)18(26)12-20(19)33-23(27)28/h3-6,11-14,23H,7-10H2,1-2H3,(H,29,32)(H,30,31). The Kier molecular flexibility index (Phi) is 7.29. The summed E-state index contributed by atoms with van der Waals surface area (Å²) in [6, 6.07) is 8.31. The summed E-state index contributed by atoms with van der Waals surface area (Å²) in [5.74, 6) is -5.58. The Bertz CT molecular complexity index is 1030. The molecule has 1 aliphatic rings. The smallest absolute Gasteiger partial charge is 0.387 e. The number of rotatable bonds is 7. The molecule has 0 bridgehead atoms. The minimum Gasteiger partial charge on any atom is -0.481 e. The van der Waals surface area contributed by atoms with E-state index >= 15 is 0 Å². The van der Waals surface area contributed by atoms with Crippen molar-refractivity contribution in [2.45, 2.75) is 57.5 Å². The van der Waals surface area contributed by atoms with E-state index in [1.165, 1.54) is 0 Å². The molecule has 9 heteroatoms. The van der Waals surface area contributed by atoms with Gasteiger partial charge in [0.25, 0.3) is 0 Å². The van der Waals surface area contributed by atoms with Crippen molar-refractivity contribution in [3.63, 3.8) is 0 Å². The predicted octanol–water partition coefficient (Wildman–Crippen LogP) is 5.84. The zero-order valence-electron chi connectivity index (χ0n) is 18.2. The van der Waals surface area contributed by atoms with Crippen molar-refractivity contribution in [3.05, 3.63) is 59.2 Å². The van der Waals surface area contributed by atoms with Crippen LogP contribution in [-0.2, 0) is 15.0 Å². The van der Waals surface area contributed by atoms with Gasteiger partial charge in [0.1, 0.15) is 0 Å². The first kappa shape index (κ1) is 24.5. The van der Waals surface area contributed by atoms with Crippen LogP contribution in [0, 0.1) is 17.6 Å². The van der Waals surface area contributed by atoms with Crippen LogP contribution in [0.3, 0.4) is 0 Å². The van der Waals surface area contributed by atoms with Gasteiger partial charge >= 0.3 is 12.6 Å². The van der Waals surface area contributed by atoms with Crippen LogP contribution in [0.25, 0.3) is 0 Å². The summed E-state index contributed by atoms with van der Waals surface area (Å²) >= 11 is 0. The van der Waals surface area contributed by atoms with Crippen molar-refractivity contribution < 1.29 is 37.0 Å². The lowest BCUT2D eigenvalue weighted by Gasteiger charge is -2.40. The number of aliphatic carboxylic acids is 1. The lowest BCUT2D eigenvalue weighted by atomic mass is 9.64. The summed E-state index contributed by atoms with van der Waals surface area (Å²) in [4.78, 5) is 25.1. The first-order valence-corrected chi connectivity index (χ1v) is 10.6. The lowest BCUT2D eigenvalue weighted by Crippen LogP contribution is -2.45. The lowest BCUT2D eigenvalue weighted by molar-refractivity contribution is -0.144. The fourth-order valence-electron chi connectivity index (χ4n) is 4.47. The van der Waals surface area contributed by atoms with Crippen molar-refractivity contribution in [1.82, 2.24) is 0 Å². The van der Waals surface area contributed by atoms with Crippen molar-refractivity contribution >= 4 is 17.6 Å². The molecule has 1 saturated carbocycles. The number of amides is 1. The minimum absolute atomic E-state index is 0.0454.